The standard InChI is InChI=1S/C33H35F9N2O3/c1-18(2)19-7-10-28(46-6)26(14-19)25-9-8-22(31(34,35)36)13-21(25)16-43-17-27(44-29(45)47-30(3,4)5)20-11-23(32(37,38)39)15-24(12-20)33(40,41)42/h7-15,18,27,43H,16-17H2,1-6H3,(H,44,45). The average Bonchev–Trinajstić information content (AvgIpc) is 2.93. The molecule has 3 aromatic rings. The molecule has 1 atom stereocenters. The molecule has 0 saturated carbocycles. The van der Waals surface area contributed by atoms with Gasteiger partial charge in [-0.3, -0.25) is 0 Å². The Morgan fingerprint density at radius 2 is 1.30 bits per heavy atom. The Morgan fingerprint density at radius 3 is 1.79 bits per heavy atom. The first-order valence-electron chi connectivity index (χ1n) is 14.4. The molecule has 14 heteroatoms. The van der Waals surface area contributed by atoms with E-state index in [-0.39, 0.29) is 24.1 Å². The fourth-order valence-electron chi connectivity index (χ4n) is 4.71. The van der Waals surface area contributed by atoms with Crippen molar-refractivity contribution in [3.8, 4) is 16.9 Å². The topological polar surface area (TPSA) is 59.6 Å². The summed E-state index contributed by atoms with van der Waals surface area (Å²) in [6.07, 6.45) is -16.2. The average molecular weight is 679 g/mol. The van der Waals surface area contributed by atoms with Crippen LogP contribution >= 0.6 is 0 Å². The van der Waals surface area contributed by atoms with Gasteiger partial charge in [0.05, 0.1) is 29.8 Å². The second-order valence-electron chi connectivity index (χ2n) is 12.2. The predicted octanol–water partition coefficient (Wildman–Crippen LogP) is 9.90. The van der Waals surface area contributed by atoms with E-state index in [1.165, 1.54) is 33.9 Å². The Labute approximate surface area is 266 Å². The van der Waals surface area contributed by atoms with Crippen molar-refractivity contribution in [2.24, 2.45) is 0 Å². The molecule has 0 radical (unpaired) electrons. The summed E-state index contributed by atoms with van der Waals surface area (Å²) in [4.78, 5) is 12.6. The van der Waals surface area contributed by atoms with Crippen molar-refractivity contribution < 1.29 is 53.8 Å². The van der Waals surface area contributed by atoms with Gasteiger partial charge in [-0.05, 0) is 91.4 Å². The van der Waals surface area contributed by atoms with Crippen LogP contribution in [0.15, 0.2) is 54.6 Å². The third kappa shape index (κ3) is 10.3. The van der Waals surface area contributed by atoms with Crippen molar-refractivity contribution in [1.29, 1.82) is 0 Å². The number of benzene rings is 3. The van der Waals surface area contributed by atoms with Gasteiger partial charge in [0.1, 0.15) is 11.4 Å². The van der Waals surface area contributed by atoms with Crippen molar-refractivity contribution >= 4 is 6.09 Å². The van der Waals surface area contributed by atoms with Gasteiger partial charge in [-0.25, -0.2) is 4.79 Å². The molecule has 0 spiro atoms. The largest absolute Gasteiger partial charge is 0.496 e. The number of hydrogen-bond acceptors (Lipinski definition) is 4. The van der Waals surface area contributed by atoms with Gasteiger partial charge in [-0.15, -0.1) is 0 Å². The molecule has 3 aromatic carbocycles. The van der Waals surface area contributed by atoms with Gasteiger partial charge in [-0.1, -0.05) is 26.0 Å². The number of rotatable bonds is 9. The van der Waals surface area contributed by atoms with Gasteiger partial charge >= 0.3 is 24.6 Å². The summed E-state index contributed by atoms with van der Waals surface area (Å²) in [7, 11) is 1.40. The minimum Gasteiger partial charge on any atom is -0.496 e. The zero-order valence-corrected chi connectivity index (χ0v) is 26.4. The molecule has 0 bridgehead atoms. The van der Waals surface area contributed by atoms with Gasteiger partial charge in [0.15, 0.2) is 0 Å². The quantitative estimate of drug-likeness (QED) is 0.221. The molecule has 5 nitrogen and oxygen atoms in total. The van der Waals surface area contributed by atoms with Gasteiger partial charge in [0.2, 0.25) is 0 Å². The van der Waals surface area contributed by atoms with Crippen LogP contribution in [0, 0.1) is 0 Å². The molecule has 47 heavy (non-hydrogen) atoms. The van der Waals surface area contributed by atoms with Crippen molar-refractivity contribution in [3.63, 3.8) is 0 Å². The van der Waals surface area contributed by atoms with Crippen LogP contribution < -0.4 is 15.4 Å². The number of carbonyl (C=O) groups is 1. The number of amides is 1. The molecule has 0 aliphatic heterocycles. The molecule has 0 aliphatic rings. The zero-order chi connectivity index (χ0) is 35.5. The monoisotopic (exact) mass is 678 g/mol. The van der Waals surface area contributed by atoms with E-state index in [4.69, 9.17) is 9.47 Å². The minimum atomic E-state index is -5.16. The van der Waals surface area contributed by atoms with Crippen LogP contribution in [-0.4, -0.2) is 25.3 Å². The van der Waals surface area contributed by atoms with Gasteiger partial charge in [0.25, 0.3) is 0 Å². The maximum Gasteiger partial charge on any atom is 0.416 e. The lowest BCUT2D eigenvalue weighted by molar-refractivity contribution is -0.143. The Hall–Kier alpha value is -3.94. The Balaban J connectivity index is 2.08. The molecule has 0 aliphatic carbocycles. The fourth-order valence-corrected chi connectivity index (χ4v) is 4.71. The number of alkyl halides is 9. The lowest BCUT2D eigenvalue weighted by Crippen LogP contribution is -2.39. The zero-order valence-electron chi connectivity index (χ0n) is 26.4. The third-order valence-corrected chi connectivity index (χ3v) is 6.98. The van der Waals surface area contributed by atoms with E-state index < -0.39 is 65.1 Å². The molecule has 1 amide bonds. The van der Waals surface area contributed by atoms with E-state index in [2.05, 4.69) is 10.6 Å². The fraction of sp³-hybridized carbons (Fsp3) is 0.424. The molecule has 3 rings (SSSR count). The highest BCUT2D eigenvalue weighted by Gasteiger charge is 2.38. The SMILES string of the molecule is COc1ccc(C(C)C)cc1-c1ccc(C(F)(F)F)cc1CNCC(NC(=O)OC(C)(C)C)c1cc(C(F)(F)F)cc(C(F)(F)F)c1. The number of alkyl carbamates (subject to hydrolysis) is 1. The highest BCUT2D eigenvalue weighted by molar-refractivity contribution is 5.75. The number of nitrogens with one attached hydrogen (secondary N) is 2. The maximum atomic E-state index is 13.7. The first-order valence-corrected chi connectivity index (χ1v) is 14.4. The molecule has 1 unspecified atom stereocenters. The van der Waals surface area contributed by atoms with Gasteiger partial charge in [0, 0.05) is 18.7 Å². The van der Waals surface area contributed by atoms with Crippen LogP contribution in [0.3, 0.4) is 0 Å². The first-order chi connectivity index (χ1) is 21.5. The summed E-state index contributed by atoms with van der Waals surface area (Å²) >= 11 is 0. The molecule has 0 aromatic heterocycles. The number of hydrogen-bond donors (Lipinski definition) is 2. The van der Waals surface area contributed by atoms with E-state index in [1.54, 1.807) is 12.1 Å². The van der Waals surface area contributed by atoms with Crippen LogP contribution in [0.1, 0.15) is 80.0 Å². The molecular formula is C33H35F9N2O3. The lowest BCUT2D eigenvalue weighted by atomic mass is 9.92. The van der Waals surface area contributed by atoms with Crippen LogP contribution in [0.2, 0.25) is 0 Å². The van der Waals surface area contributed by atoms with E-state index in [9.17, 15) is 44.3 Å². The van der Waals surface area contributed by atoms with E-state index in [0.717, 1.165) is 17.7 Å². The Bertz CT molecular complexity index is 1520. The van der Waals surface area contributed by atoms with Crippen LogP contribution in [-0.2, 0) is 29.8 Å². The first kappa shape index (κ1) is 37.5. The van der Waals surface area contributed by atoms with Crippen molar-refractivity contribution in [1.82, 2.24) is 10.6 Å². The van der Waals surface area contributed by atoms with E-state index in [0.29, 0.717) is 29.0 Å². The maximum absolute atomic E-state index is 13.7. The summed E-state index contributed by atoms with van der Waals surface area (Å²) in [5, 5.41) is 5.10. The lowest BCUT2D eigenvalue weighted by Gasteiger charge is -2.26. The molecule has 2 N–H and O–H groups in total. The van der Waals surface area contributed by atoms with Crippen LogP contribution in [0.25, 0.3) is 11.1 Å². The minimum absolute atomic E-state index is 0.0466. The molecule has 0 saturated heterocycles. The molecule has 258 valence electrons. The Kier molecular flexibility index (Phi) is 11.2. The van der Waals surface area contributed by atoms with Gasteiger partial charge in [-0.2, -0.15) is 39.5 Å². The highest BCUT2D eigenvalue weighted by atomic mass is 19.4. The number of halogens is 9. The summed E-state index contributed by atoms with van der Waals surface area (Å²) < 4.78 is 134. The van der Waals surface area contributed by atoms with Crippen LogP contribution in [0.5, 0.6) is 5.75 Å². The van der Waals surface area contributed by atoms with Crippen LogP contribution in [0.4, 0.5) is 44.3 Å². The summed E-state index contributed by atoms with van der Waals surface area (Å²) in [5.74, 6) is 0.424. The predicted molar refractivity (Wildman–Crippen MR) is 158 cm³/mol. The molecule has 0 heterocycles. The van der Waals surface area contributed by atoms with Crippen molar-refractivity contribution in [3.05, 3.63) is 88.0 Å². The number of methoxy groups -OCH3 is 1. The Morgan fingerprint density at radius 1 is 0.723 bits per heavy atom. The second-order valence-corrected chi connectivity index (χ2v) is 12.2. The molecule has 0 fully saturated rings. The normalized spacial score (nSPS) is 13.4. The number of carbonyl (C=O) groups excluding carboxylic acids is 1. The van der Waals surface area contributed by atoms with Crippen molar-refractivity contribution in [2.75, 3.05) is 13.7 Å². The summed E-state index contributed by atoms with van der Waals surface area (Å²) in [6, 6.07) is 7.67. The second kappa shape index (κ2) is 14.0. The molecular weight excluding hydrogens is 643 g/mol. The van der Waals surface area contributed by atoms with Crippen molar-refractivity contribution in [2.45, 2.75) is 77.3 Å². The highest BCUT2D eigenvalue weighted by Crippen LogP contribution is 2.40. The van der Waals surface area contributed by atoms with E-state index >= 15 is 0 Å². The summed E-state index contributed by atoms with van der Waals surface area (Å²) in [6.45, 7) is 7.55. The van der Waals surface area contributed by atoms with E-state index in [1.807, 2.05) is 19.9 Å². The smallest absolute Gasteiger partial charge is 0.416 e. The number of ether oxygens (including phenoxy) is 2. The third-order valence-electron chi connectivity index (χ3n) is 6.98. The van der Waals surface area contributed by atoms with Gasteiger partial charge < -0.3 is 20.1 Å². The summed E-state index contributed by atoms with van der Waals surface area (Å²) in [5.41, 5.74) is -4.01.